The number of fused-ring (bicyclic) bond motifs is 3. The van der Waals surface area contributed by atoms with E-state index in [9.17, 15) is 18.0 Å². The summed E-state index contributed by atoms with van der Waals surface area (Å²) in [5.41, 5.74) is 2.01. The SMILES string of the molecule is Cc1ccc(S(=O)(=O)N(C(=O)c2cccnc2)c2cc3sc(=O)oc3c3ccccc23)c(C)c1. The van der Waals surface area contributed by atoms with Crippen molar-refractivity contribution in [2.24, 2.45) is 0 Å². The molecule has 34 heavy (non-hydrogen) atoms. The lowest BCUT2D eigenvalue weighted by Crippen LogP contribution is -2.37. The van der Waals surface area contributed by atoms with Crippen molar-refractivity contribution in [2.75, 3.05) is 4.31 Å². The molecule has 0 spiro atoms. The molecule has 0 aliphatic heterocycles. The predicted octanol–water partition coefficient (Wildman–Crippen LogP) is 5.06. The second kappa shape index (κ2) is 8.19. The molecule has 1 amide bonds. The zero-order valence-corrected chi connectivity index (χ0v) is 19.8. The molecule has 0 aliphatic rings. The molecule has 9 heteroatoms. The number of pyridine rings is 1. The van der Waals surface area contributed by atoms with Crippen molar-refractivity contribution in [3.8, 4) is 0 Å². The Morgan fingerprint density at radius 2 is 1.76 bits per heavy atom. The number of hydrogen-bond acceptors (Lipinski definition) is 7. The van der Waals surface area contributed by atoms with E-state index in [1.807, 2.05) is 6.92 Å². The topological polar surface area (TPSA) is 97.5 Å². The first-order valence-corrected chi connectivity index (χ1v) is 12.6. The Hall–Kier alpha value is -3.82. The zero-order valence-electron chi connectivity index (χ0n) is 18.2. The summed E-state index contributed by atoms with van der Waals surface area (Å²) >= 11 is 0.850. The molecular formula is C25H18N2O5S2. The first-order chi connectivity index (χ1) is 16.3. The van der Waals surface area contributed by atoms with E-state index in [2.05, 4.69) is 4.98 Å². The molecule has 0 N–H and O–H groups in total. The summed E-state index contributed by atoms with van der Waals surface area (Å²) in [6.07, 6.45) is 2.83. The van der Waals surface area contributed by atoms with Gasteiger partial charge in [-0.3, -0.25) is 9.78 Å². The molecule has 7 nitrogen and oxygen atoms in total. The van der Waals surface area contributed by atoms with Crippen LogP contribution in [0.5, 0.6) is 0 Å². The van der Waals surface area contributed by atoms with Gasteiger partial charge < -0.3 is 4.42 Å². The number of benzene rings is 3. The average Bonchev–Trinajstić information content (AvgIpc) is 3.19. The van der Waals surface area contributed by atoms with Gasteiger partial charge in [0.1, 0.15) is 0 Å². The molecule has 0 saturated heterocycles. The highest BCUT2D eigenvalue weighted by Crippen LogP contribution is 2.38. The van der Waals surface area contributed by atoms with Gasteiger partial charge in [-0.15, -0.1) is 0 Å². The van der Waals surface area contributed by atoms with E-state index in [1.54, 1.807) is 49.4 Å². The van der Waals surface area contributed by atoms with Gasteiger partial charge in [0.2, 0.25) is 0 Å². The van der Waals surface area contributed by atoms with Crippen LogP contribution in [0, 0.1) is 13.8 Å². The van der Waals surface area contributed by atoms with E-state index in [-0.39, 0.29) is 16.1 Å². The van der Waals surface area contributed by atoms with Crippen LogP contribution in [0.25, 0.3) is 21.1 Å². The third kappa shape index (κ3) is 3.59. The van der Waals surface area contributed by atoms with E-state index in [4.69, 9.17) is 4.42 Å². The zero-order chi connectivity index (χ0) is 24.0. The molecule has 0 saturated carbocycles. The molecule has 0 radical (unpaired) electrons. The Balaban J connectivity index is 1.86. The van der Waals surface area contributed by atoms with Crippen molar-refractivity contribution in [1.82, 2.24) is 4.98 Å². The lowest BCUT2D eigenvalue weighted by atomic mass is 10.1. The van der Waals surface area contributed by atoms with Crippen molar-refractivity contribution in [1.29, 1.82) is 0 Å². The van der Waals surface area contributed by atoms with Gasteiger partial charge in [-0.05, 0) is 43.7 Å². The van der Waals surface area contributed by atoms with Gasteiger partial charge >= 0.3 is 4.94 Å². The number of sulfonamides is 1. The molecule has 5 aromatic rings. The van der Waals surface area contributed by atoms with Gasteiger partial charge in [0.15, 0.2) is 5.58 Å². The smallest absolute Gasteiger partial charge is 0.396 e. The summed E-state index contributed by atoms with van der Waals surface area (Å²) in [5.74, 6) is -0.756. The minimum absolute atomic E-state index is 0.0138. The van der Waals surface area contributed by atoms with Crippen LogP contribution in [0.4, 0.5) is 5.69 Å². The maximum absolute atomic E-state index is 14.1. The van der Waals surface area contributed by atoms with Crippen LogP contribution in [0.1, 0.15) is 21.5 Å². The maximum atomic E-state index is 14.1. The predicted molar refractivity (Wildman–Crippen MR) is 132 cm³/mol. The highest BCUT2D eigenvalue weighted by atomic mass is 32.2. The van der Waals surface area contributed by atoms with Gasteiger partial charge in [0, 0.05) is 23.2 Å². The molecule has 3 aromatic carbocycles. The molecular weight excluding hydrogens is 472 g/mol. The maximum Gasteiger partial charge on any atom is 0.396 e. The van der Waals surface area contributed by atoms with Crippen molar-refractivity contribution >= 4 is 54.0 Å². The van der Waals surface area contributed by atoms with Gasteiger partial charge in [0.25, 0.3) is 15.9 Å². The Bertz CT molecular complexity index is 1740. The number of amides is 1. The molecule has 0 atom stereocenters. The molecule has 0 bridgehead atoms. The van der Waals surface area contributed by atoms with E-state index < -0.39 is 20.9 Å². The van der Waals surface area contributed by atoms with E-state index in [1.165, 1.54) is 30.6 Å². The molecule has 2 aromatic heterocycles. The minimum Gasteiger partial charge on any atom is -0.413 e. The summed E-state index contributed by atoms with van der Waals surface area (Å²) in [6.45, 7) is 3.56. The van der Waals surface area contributed by atoms with E-state index in [0.29, 0.717) is 26.6 Å². The lowest BCUT2D eigenvalue weighted by molar-refractivity contribution is 0.100. The second-order valence-corrected chi connectivity index (χ2v) is 10.5. The van der Waals surface area contributed by atoms with E-state index >= 15 is 0 Å². The number of rotatable bonds is 4. The summed E-state index contributed by atoms with van der Waals surface area (Å²) in [5, 5.41) is 0.996. The van der Waals surface area contributed by atoms with Crippen LogP contribution in [-0.4, -0.2) is 19.3 Å². The summed E-state index contributed by atoms with van der Waals surface area (Å²) in [4.78, 5) is 29.2. The molecule has 0 unspecified atom stereocenters. The van der Waals surface area contributed by atoms with E-state index in [0.717, 1.165) is 21.2 Å². The Kier molecular flexibility index (Phi) is 5.30. The van der Waals surface area contributed by atoms with Crippen molar-refractivity contribution < 1.29 is 17.6 Å². The van der Waals surface area contributed by atoms with Crippen LogP contribution in [0.3, 0.4) is 0 Å². The molecule has 0 fully saturated rings. The Morgan fingerprint density at radius 1 is 1.00 bits per heavy atom. The highest BCUT2D eigenvalue weighted by molar-refractivity contribution is 7.93. The van der Waals surface area contributed by atoms with Crippen molar-refractivity contribution in [3.05, 3.63) is 99.5 Å². The number of nitrogens with zero attached hydrogens (tertiary/aromatic N) is 2. The number of aryl methyl sites for hydroxylation is 2. The summed E-state index contributed by atoms with van der Waals surface area (Å²) in [7, 11) is -4.35. The number of carbonyl (C=O) groups excluding carboxylic acids is 1. The standard InChI is InChI=1S/C25H18N2O5S2/c1-15-9-10-22(16(2)12-15)34(30,31)27(24(28)17-6-5-11-26-14-17)20-13-21-23(32-25(29)33-21)19-8-4-3-7-18(19)20/h3-14H,1-2H3. The molecule has 5 rings (SSSR count). The third-order valence-corrected chi connectivity index (χ3v) is 8.11. The van der Waals surface area contributed by atoms with Crippen molar-refractivity contribution in [2.45, 2.75) is 18.7 Å². The number of aromatic nitrogens is 1. The van der Waals surface area contributed by atoms with Crippen LogP contribution < -0.4 is 9.24 Å². The number of anilines is 1. The van der Waals surface area contributed by atoms with Gasteiger partial charge in [0.05, 0.1) is 20.8 Å². The molecule has 0 aliphatic carbocycles. The Labute approximate surface area is 199 Å². The number of hydrogen-bond donors (Lipinski definition) is 0. The number of carbonyl (C=O) groups is 1. The quantitative estimate of drug-likeness (QED) is 0.349. The van der Waals surface area contributed by atoms with Gasteiger partial charge in [-0.25, -0.2) is 13.2 Å². The first kappa shape index (κ1) is 22.0. The van der Waals surface area contributed by atoms with Crippen LogP contribution in [0.2, 0.25) is 0 Å². The fourth-order valence-corrected chi connectivity index (χ4v) is 6.35. The summed E-state index contributed by atoms with van der Waals surface area (Å²) < 4.78 is 34.7. The average molecular weight is 491 g/mol. The van der Waals surface area contributed by atoms with Gasteiger partial charge in [-0.1, -0.05) is 53.3 Å². The largest absolute Gasteiger partial charge is 0.413 e. The fraction of sp³-hybridized carbons (Fsp3) is 0.0800. The van der Waals surface area contributed by atoms with Crippen LogP contribution >= 0.6 is 11.3 Å². The lowest BCUT2D eigenvalue weighted by Gasteiger charge is -2.25. The molecule has 170 valence electrons. The third-order valence-electron chi connectivity index (χ3n) is 5.48. The monoisotopic (exact) mass is 490 g/mol. The Morgan fingerprint density at radius 3 is 2.47 bits per heavy atom. The second-order valence-electron chi connectivity index (χ2n) is 7.81. The van der Waals surface area contributed by atoms with Crippen LogP contribution in [0.15, 0.2) is 87.2 Å². The van der Waals surface area contributed by atoms with Gasteiger partial charge in [-0.2, -0.15) is 4.31 Å². The fourth-order valence-electron chi connectivity index (χ4n) is 3.99. The normalized spacial score (nSPS) is 11.7. The van der Waals surface area contributed by atoms with Crippen LogP contribution in [-0.2, 0) is 10.0 Å². The summed E-state index contributed by atoms with van der Waals surface area (Å²) in [6, 6.07) is 16.5. The van der Waals surface area contributed by atoms with Crippen molar-refractivity contribution in [3.63, 3.8) is 0 Å². The molecule has 2 heterocycles. The highest BCUT2D eigenvalue weighted by Gasteiger charge is 2.35. The first-order valence-electron chi connectivity index (χ1n) is 10.3. The minimum atomic E-state index is -4.35.